The molecule has 168 valence electrons. The molecule has 0 amide bonds. The first-order chi connectivity index (χ1) is 13.8. The number of fused-ring (bicyclic) bond motifs is 5. The molecule has 3 saturated carbocycles. The molecule has 0 spiro atoms. The van der Waals surface area contributed by atoms with Gasteiger partial charge in [-0.15, -0.1) is 11.8 Å². The molecule has 7 atom stereocenters. The molecule has 3 fully saturated rings. The molecule has 0 aromatic heterocycles. The molecule has 0 heterocycles. The summed E-state index contributed by atoms with van der Waals surface area (Å²) < 4.78 is -0.0266. The zero-order valence-electron chi connectivity index (χ0n) is 19.2. The van der Waals surface area contributed by atoms with Gasteiger partial charge in [0.2, 0.25) is 0 Å². The number of carbonyl (C=O) groups excluding carboxylic acids is 2. The summed E-state index contributed by atoms with van der Waals surface area (Å²) in [5.41, 5.74) is -0.842. The van der Waals surface area contributed by atoms with Gasteiger partial charge in [-0.25, -0.2) is 0 Å². The number of Topliss-reactive ketones (excluding diaryl/α,β-unsaturated/α-hetero) is 1. The lowest BCUT2D eigenvalue weighted by Crippen LogP contribution is -2.62. The van der Waals surface area contributed by atoms with Crippen LogP contribution in [-0.4, -0.2) is 44.0 Å². The number of carbonyl (C=O) groups is 2. The van der Waals surface area contributed by atoms with Gasteiger partial charge in [0, 0.05) is 16.6 Å². The normalized spacial score (nSPS) is 46.0. The van der Waals surface area contributed by atoms with E-state index in [0.29, 0.717) is 30.9 Å². The third kappa shape index (κ3) is 3.26. The number of aliphatic hydroxyl groups excluding tert-OH is 1. The van der Waals surface area contributed by atoms with Crippen molar-refractivity contribution in [2.45, 2.75) is 96.0 Å². The van der Waals surface area contributed by atoms with Gasteiger partial charge in [0.25, 0.3) is 0 Å². The van der Waals surface area contributed by atoms with Crippen LogP contribution in [0.3, 0.4) is 0 Å². The molecule has 0 radical (unpaired) electrons. The van der Waals surface area contributed by atoms with Gasteiger partial charge >= 0.3 is 0 Å². The third-order valence-corrected chi connectivity index (χ3v) is 10.4. The van der Waals surface area contributed by atoms with Crippen molar-refractivity contribution in [1.82, 2.24) is 0 Å². The zero-order chi connectivity index (χ0) is 22.1. The monoisotopic (exact) mass is 434 g/mol. The van der Waals surface area contributed by atoms with E-state index in [9.17, 15) is 19.8 Å². The maximum absolute atomic E-state index is 13.3. The lowest BCUT2D eigenvalue weighted by molar-refractivity contribution is -0.178. The number of allylic oxidation sites excluding steroid dienone is 1. The predicted octanol–water partition coefficient (Wildman–Crippen LogP) is 4.32. The second kappa shape index (κ2) is 7.18. The molecule has 2 N–H and O–H groups in total. The lowest BCUT2D eigenvalue weighted by Gasteiger charge is -2.60. The van der Waals surface area contributed by atoms with Crippen molar-refractivity contribution in [2.24, 2.45) is 28.6 Å². The van der Waals surface area contributed by atoms with E-state index < -0.39 is 17.1 Å². The van der Waals surface area contributed by atoms with Crippen LogP contribution in [0.15, 0.2) is 11.6 Å². The van der Waals surface area contributed by atoms with Crippen molar-refractivity contribution < 1.29 is 19.8 Å². The Morgan fingerprint density at radius 2 is 1.90 bits per heavy atom. The maximum atomic E-state index is 13.3. The molecule has 0 aromatic rings. The van der Waals surface area contributed by atoms with Crippen molar-refractivity contribution in [3.8, 4) is 0 Å². The lowest BCUT2D eigenvalue weighted by atomic mass is 9.45. The average molecular weight is 435 g/mol. The van der Waals surface area contributed by atoms with Gasteiger partial charge < -0.3 is 10.2 Å². The summed E-state index contributed by atoms with van der Waals surface area (Å²) in [5.74, 6) is 1.13. The van der Waals surface area contributed by atoms with Gasteiger partial charge in [-0.1, -0.05) is 40.2 Å². The van der Waals surface area contributed by atoms with E-state index in [1.165, 1.54) is 5.57 Å². The minimum atomic E-state index is -1.35. The van der Waals surface area contributed by atoms with Crippen molar-refractivity contribution >= 4 is 23.3 Å². The summed E-state index contributed by atoms with van der Waals surface area (Å²) in [4.78, 5) is 25.3. The third-order valence-electron chi connectivity index (χ3n) is 9.15. The summed E-state index contributed by atoms with van der Waals surface area (Å²) in [6, 6.07) is 0. The number of aliphatic hydroxyl groups is 2. The maximum Gasteiger partial charge on any atom is 0.174 e. The molecule has 0 aromatic carbocycles. The van der Waals surface area contributed by atoms with Crippen LogP contribution in [0.2, 0.25) is 0 Å². The van der Waals surface area contributed by atoms with Gasteiger partial charge in [-0.2, -0.15) is 0 Å². The SMILES string of the molecule is CC(C)(C)SCC(=O)[C@@]1(O)CC[C@@H]2[C@@H]3CCC4=CC(=O)CC[C@]4(C)[C@@H]3[C@@H](O)C[C@@]21C. The van der Waals surface area contributed by atoms with Crippen LogP contribution in [0.5, 0.6) is 0 Å². The van der Waals surface area contributed by atoms with Crippen LogP contribution < -0.4 is 0 Å². The van der Waals surface area contributed by atoms with Gasteiger partial charge in [0.05, 0.1) is 11.9 Å². The van der Waals surface area contributed by atoms with E-state index in [1.54, 1.807) is 11.8 Å². The van der Waals surface area contributed by atoms with E-state index in [-0.39, 0.29) is 33.6 Å². The molecule has 0 bridgehead atoms. The largest absolute Gasteiger partial charge is 0.393 e. The molecule has 0 unspecified atom stereocenters. The van der Waals surface area contributed by atoms with Crippen LogP contribution in [0.4, 0.5) is 0 Å². The molecule has 5 heteroatoms. The Kier molecular flexibility index (Phi) is 5.39. The van der Waals surface area contributed by atoms with E-state index in [1.807, 2.05) is 6.08 Å². The first-order valence-corrected chi connectivity index (χ1v) is 12.6. The first-order valence-electron chi connectivity index (χ1n) is 11.6. The summed E-state index contributed by atoms with van der Waals surface area (Å²) in [5, 5.41) is 23.1. The van der Waals surface area contributed by atoms with Gasteiger partial charge in [-0.3, -0.25) is 9.59 Å². The minimum Gasteiger partial charge on any atom is -0.393 e. The van der Waals surface area contributed by atoms with E-state index in [2.05, 4.69) is 34.6 Å². The summed E-state index contributed by atoms with van der Waals surface area (Å²) >= 11 is 1.59. The van der Waals surface area contributed by atoms with Crippen molar-refractivity contribution in [3.05, 3.63) is 11.6 Å². The molecule has 0 saturated heterocycles. The van der Waals surface area contributed by atoms with Gasteiger partial charge in [0.1, 0.15) is 5.60 Å². The molecule has 4 aliphatic carbocycles. The van der Waals surface area contributed by atoms with Crippen molar-refractivity contribution in [1.29, 1.82) is 0 Å². The van der Waals surface area contributed by atoms with Crippen LogP contribution >= 0.6 is 11.8 Å². The summed E-state index contributed by atoms with van der Waals surface area (Å²) in [6.07, 6.45) is 6.33. The highest BCUT2D eigenvalue weighted by Gasteiger charge is 2.68. The molecular weight excluding hydrogens is 396 g/mol. The molecule has 30 heavy (non-hydrogen) atoms. The minimum absolute atomic E-state index is 0.0266. The number of ketones is 2. The van der Waals surface area contributed by atoms with Crippen LogP contribution in [-0.2, 0) is 9.59 Å². The standard InChI is InChI=1S/C25H38O4S/c1-22(2,3)30-14-20(28)25(29)11-9-18-17-7-6-15-12-16(26)8-10-23(15,4)21(17)19(27)13-24(18,25)5/h12,17-19,21,27,29H,6-11,13-14H2,1-5H3/t17-,18+,19-,21-,23-,24-,25-/m0/s1. The van der Waals surface area contributed by atoms with Crippen molar-refractivity contribution in [2.75, 3.05) is 5.75 Å². The predicted molar refractivity (Wildman–Crippen MR) is 120 cm³/mol. The Hall–Kier alpha value is -0.650. The van der Waals surface area contributed by atoms with Crippen LogP contribution in [0.25, 0.3) is 0 Å². The Morgan fingerprint density at radius 3 is 2.57 bits per heavy atom. The highest BCUT2D eigenvalue weighted by molar-refractivity contribution is 8.01. The number of rotatable bonds is 3. The Balaban J connectivity index is 1.63. The highest BCUT2D eigenvalue weighted by atomic mass is 32.2. The first kappa shape index (κ1) is 22.5. The van der Waals surface area contributed by atoms with E-state index in [4.69, 9.17) is 0 Å². The second-order valence-electron chi connectivity index (χ2n) is 11.8. The highest BCUT2D eigenvalue weighted by Crippen LogP contribution is 2.67. The second-order valence-corrected chi connectivity index (χ2v) is 13.6. The Morgan fingerprint density at radius 1 is 1.20 bits per heavy atom. The zero-order valence-corrected chi connectivity index (χ0v) is 20.0. The molecule has 4 nitrogen and oxygen atoms in total. The van der Waals surface area contributed by atoms with E-state index in [0.717, 1.165) is 25.7 Å². The van der Waals surface area contributed by atoms with Gasteiger partial charge in [-0.05, 0) is 67.8 Å². The van der Waals surface area contributed by atoms with Crippen LogP contribution in [0.1, 0.15) is 79.6 Å². The molecule has 4 rings (SSSR count). The fourth-order valence-electron chi connectivity index (χ4n) is 7.55. The Labute approximate surface area is 185 Å². The summed E-state index contributed by atoms with van der Waals surface area (Å²) in [6.45, 7) is 10.6. The fraction of sp³-hybridized carbons (Fsp3) is 0.840. The van der Waals surface area contributed by atoms with Crippen molar-refractivity contribution in [3.63, 3.8) is 0 Å². The topological polar surface area (TPSA) is 74.6 Å². The van der Waals surface area contributed by atoms with Crippen LogP contribution in [0, 0.1) is 28.6 Å². The smallest absolute Gasteiger partial charge is 0.174 e. The quantitative estimate of drug-likeness (QED) is 0.692. The molecule has 4 aliphatic rings. The molecule has 0 aliphatic heterocycles. The van der Waals surface area contributed by atoms with Gasteiger partial charge in [0.15, 0.2) is 11.6 Å². The number of hydrogen-bond donors (Lipinski definition) is 2. The number of hydrogen-bond acceptors (Lipinski definition) is 5. The average Bonchev–Trinajstić information content (AvgIpc) is 2.91. The molecular formula is C25H38O4S. The summed E-state index contributed by atoms with van der Waals surface area (Å²) in [7, 11) is 0. The van der Waals surface area contributed by atoms with E-state index >= 15 is 0 Å². The Bertz CT molecular complexity index is 783. The number of thioether (sulfide) groups is 1. The fourth-order valence-corrected chi connectivity index (χ4v) is 8.35.